The van der Waals surface area contributed by atoms with Crippen LogP contribution in [0.15, 0.2) is 0 Å². The van der Waals surface area contributed by atoms with Gasteiger partial charge < -0.3 is 4.74 Å². The van der Waals surface area contributed by atoms with Crippen molar-refractivity contribution in [2.24, 2.45) is 0 Å². The summed E-state index contributed by atoms with van der Waals surface area (Å²) in [6, 6.07) is 0. The summed E-state index contributed by atoms with van der Waals surface area (Å²) in [5.74, 6) is 0. The molecule has 0 bridgehead atoms. The molecule has 0 atom stereocenters. The maximum absolute atomic E-state index is 8.74. The van der Waals surface area contributed by atoms with Gasteiger partial charge in [-0.1, -0.05) is 181 Å². The third-order valence-electron chi connectivity index (χ3n) is 7.28. The molecule has 0 aromatic heterocycles. The van der Waals surface area contributed by atoms with E-state index in [0.29, 0.717) is 0 Å². The Morgan fingerprint density at radius 2 is 0.538 bits per heavy atom. The second-order valence-electron chi connectivity index (χ2n) is 11.3. The van der Waals surface area contributed by atoms with Crippen LogP contribution in [-0.2, 0) is 15.1 Å². The first-order valence-corrected chi connectivity index (χ1v) is 18.1. The number of unbranched alkanes of at least 4 members (excludes halogenated alkanes) is 26. The molecule has 234 valence electrons. The summed E-state index contributed by atoms with van der Waals surface area (Å²) >= 11 is 0. The average Bonchev–Trinajstić information content (AvgIpc) is 2.87. The van der Waals surface area contributed by atoms with Crippen LogP contribution in [0.25, 0.3) is 0 Å². The van der Waals surface area contributed by atoms with Crippen molar-refractivity contribution in [2.45, 2.75) is 194 Å². The van der Waals surface area contributed by atoms with E-state index in [0.717, 1.165) is 13.2 Å². The molecular weight excluding hydrogens is 519 g/mol. The standard InChI is InChI=1S/C32H66O.Na.H2O4S.H/c1-3-5-7-9-11-13-15-17-19-21-23-25-27-29-31-33-32-30-28-26-24-22-20-18-16-14-12-10-8-6-4-2;;1-5(2,3)4;/h3-32H2,1-2H3;;(H2,1,2,3,4);. The SMILES string of the molecule is CCCCCCCCCCCCCCCCOCCCCCCCCCCCCCCCC.O=S(=O)(O)O.[NaH]. The van der Waals surface area contributed by atoms with Crippen molar-refractivity contribution in [3.05, 3.63) is 0 Å². The van der Waals surface area contributed by atoms with Gasteiger partial charge in [0.2, 0.25) is 0 Å². The summed E-state index contributed by atoms with van der Waals surface area (Å²) in [5, 5.41) is 0. The van der Waals surface area contributed by atoms with Crippen molar-refractivity contribution in [2.75, 3.05) is 13.2 Å². The van der Waals surface area contributed by atoms with E-state index in [-0.39, 0.29) is 29.6 Å². The molecule has 0 saturated heterocycles. The molecule has 0 spiro atoms. The number of hydrogen-bond acceptors (Lipinski definition) is 3. The minimum absolute atomic E-state index is 0. The number of ether oxygens (including phenoxy) is 1. The fourth-order valence-electron chi connectivity index (χ4n) is 4.90. The van der Waals surface area contributed by atoms with Gasteiger partial charge in [-0.25, -0.2) is 0 Å². The average molecular weight is 589 g/mol. The third-order valence-corrected chi connectivity index (χ3v) is 7.28. The van der Waals surface area contributed by atoms with Gasteiger partial charge in [-0.15, -0.1) is 0 Å². The van der Waals surface area contributed by atoms with E-state index in [1.165, 1.54) is 180 Å². The number of rotatable bonds is 30. The second kappa shape index (κ2) is 38.8. The molecule has 2 N–H and O–H groups in total. The zero-order valence-electron chi connectivity index (χ0n) is 25.7. The van der Waals surface area contributed by atoms with Crippen molar-refractivity contribution in [1.82, 2.24) is 0 Å². The van der Waals surface area contributed by atoms with E-state index in [4.69, 9.17) is 22.3 Å². The quantitative estimate of drug-likeness (QED) is 0.0495. The van der Waals surface area contributed by atoms with Crippen LogP contribution >= 0.6 is 0 Å². The van der Waals surface area contributed by atoms with Gasteiger partial charge in [-0.2, -0.15) is 8.42 Å². The van der Waals surface area contributed by atoms with Crippen molar-refractivity contribution in [3.8, 4) is 0 Å². The molecule has 0 rings (SSSR count). The van der Waals surface area contributed by atoms with E-state index in [2.05, 4.69) is 13.8 Å². The van der Waals surface area contributed by atoms with Gasteiger partial charge in [0, 0.05) is 13.2 Å². The molecule has 0 amide bonds. The van der Waals surface area contributed by atoms with Crippen molar-refractivity contribution >= 4 is 40.0 Å². The molecule has 0 heterocycles. The van der Waals surface area contributed by atoms with E-state index in [1.54, 1.807) is 0 Å². The molecule has 7 heteroatoms. The van der Waals surface area contributed by atoms with Crippen LogP contribution in [-0.4, -0.2) is 60.3 Å². The molecule has 0 unspecified atom stereocenters. The zero-order chi connectivity index (χ0) is 28.4. The molecule has 0 aliphatic carbocycles. The summed E-state index contributed by atoms with van der Waals surface area (Å²) in [6.07, 6.45) is 40.1. The second-order valence-corrected chi connectivity index (χ2v) is 12.1. The topological polar surface area (TPSA) is 83.8 Å². The van der Waals surface area contributed by atoms with Crippen LogP contribution in [0.5, 0.6) is 0 Å². The van der Waals surface area contributed by atoms with Gasteiger partial charge in [0.15, 0.2) is 0 Å². The molecule has 0 radical (unpaired) electrons. The van der Waals surface area contributed by atoms with Crippen molar-refractivity contribution in [3.63, 3.8) is 0 Å². The Bertz CT molecular complexity index is 479. The van der Waals surface area contributed by atoms with Gasteiger partial charge in [-0.05, 0) is 12.8 Å². The zero-order valence-corrected chi connectivity index (χ0v) is 26.6. The van der Waals surface area contributed by atoms with Gasteiger partial charge in [0.1, 0.15) is 0 Å². The first-order chi connectivity index (χ1) is 18.4. The van der Waals surface area contributed by atoms with Crippen LogP contribution in [0.1, 0.15) is 194 Å². The van der Waals surface area contributed by atoms with E-state index in [1.807, 2.05) is 0 Å². The molecular formula is C32H69NaO5S. The van der Waals surface area contributed by atoms with Gasteiger partial charge in [-0.3, -0.25) is 9.11 Å². The van der Waals surface area contributed by atoms with Gasteiger partial charge in [0.25, 0.3) is 0 Å². The number of hydrogen-bond donors (Lipinski definition) is 2. The fourth-order valence-corrected chi connectivity index (χ4v) is 4.90. The molecule has 0 aromatic rings. The third kappa shape index (κ3) is 55.4. The van der Waals surface area contributed by atoms with Crippen LogP contribution in [0.2, 0.25) is 0 Å². The van der Waals surface area contributed by atoms with Crippen molar-refractivity contribution < 1.29 is 22.3 Å². The van der Waals surface area contributed by atoms with Crippen LogP contribution in [0.4, 0.5) is 0 Å². The summed E-state index contributed by atoms with van der Waals surface area (Å²) in [4.78, 5) is 0. The van der Waals surface area contributed by atoms with Gasteiger partial charge >= 0.3 is 40.0 Å². The maximum atomic E-state index is 8.74. The Labute approximate surface area is 267 Å². The Morgan fingerprint density at radius 3 is 0.718 bits per heavy atom. The molecule has 0 aliphatic heterocycles. The molecule has 5 nitrogen and oxygen atoms in total. The Morgan fingerprint density at radius 1 is 0.385 bits per heavy atom. The summed E-state index contributed by atoms with van der Waals surface area (Å²) in [5.41, 5.74) is 0. The predicted octanol–water partition coefficient (Wildman–Crippen LogP) is 10.7. The predicted molar refractivity (Wildman–Crippen MR) is 173 cm³/mol. The minimum atomic E-state index is -4.67. The Hall–Kier alpha value is 0.830. The molecule has 0 aliphatic rings. The van der Waals surface area contributed by atoms with Gasteiger partial charge in [0.05, 0.1) is 0 Å². The monoisotopic (exact) mass is 588 g/mol. The van der Waals surface area contributed by atoms with E-state index >= 15 is 0 Å². The van der Waals surface area contributed by atoms with E-state index < -0.39 is 10.4 Å². The van der Waals surface area contributed by atoms with Crippen molar-refractivity contribution in [1.29, 1.82) is 0 Å². The summed E-state index contributed by atoms with van der Waals surface area (Å²) < 4.78 is 37.4. The first kappa shape index (κ1) is 44.3. The fraction of sp³-hybridized carbons (Fsp3) is 1.00. The molecule has 39 heavy (non-hydrogen) atoms. The molecule has 0 saturated carbocycles. The first-order valence-electron chi connectivity index (χ1n) is 16.7. The Kier molecular flexibility index (Phi) is 44.1. The van der Waals surface area contributed by atoms with E-state index in [9.17, 15) is 0 Å². The normalized spacial score (nSPS) is 11.2. The van der Waals surface area contributed by atoms with Crippen LogP contribution < -0.4 is 0 Å². The molecule has 0 fully saturated rings. The van der Waals surface area contributed by atoms with Crippen LogP contribution in [0, 0.1) is 0 Å². The Balaban J connectivity index is -0.00000196. The van der Waals surface area contributed by atoms with Crippen LogP contribution in [0.3, 0.4) is 0 Å². The summed E-state index contributed by atoms with van der Waals surface area (Å²) in [7, 11) is -4.67. The molecule has 0 aromatic carbocycles. The summed E-state index contributed by atoms with van der Waals surface area (Å²) in [6.45, 7) is 6.59.